The molecule has 4 nitrogen and oxygen atoms in total. The lowest BCUT2D eigenvalue weighted by molar-refractivity contribution is 0.130. The monoisotopic (exact) mass is 312 g/mol. The van der Waals surface area contributed by atoms with Gasteiger partial charge in [0.15, 0.2) is 0 Å². The Hall–Kier alpha value is -1.90. The summed E-state index contributed by atoms with van der Waals surface area (Å²) in [6.07, 6.45) is 4.09. The Balaban J connectivity index is 1.68. The molecule has 114 valence electrons. The fourth-order valence-electron chi connectivity index (χ4n) is 3.18. The predicted molar refractivity (Wildman–Crippen MR) is 89.9 cm³/mol. The number of aromatic nitrogens is 1. The van der Waals surface area contributed by atoms with Gasteiger partial charge in [-0.3, -0.25) is 4.90 Å². The largest absolute Gasteiger partial charge is 0.370 e. The molecule has 0 amide bonds. The summed E-state index contributed by atoms with van der Waals surface area (Å²) in [7, 11) is 2.22. The molecule has 1 aliphatic heterocycles. The number of thiophene rings is 1. The molecule has 2 aromatic rings. The Kier molecular flexibility index (Phi) is 4.71. The minimum absolute atomic E-state index is 0.486. The van der Waals surface area contributed by atoms with Crippen LogP contribution in [0.15, 0.2) is 35.8 Å². The molecule has 1 aliphatic rings. The van der Waals surface area contributed by atoms with Crippen molar-refractivity contribution in [3.05, 3.63) is 46.3 Å². The van der Waals surface area contributed by atoms with Gasteiger partial charge >= 0.3 is 0 Å². The molecule has 3 heterocycles. The van der Waals surface area contributed by atoms with Crippen molar-refractivity contribution < 1.29 is 0 Å². The molecule has 2 atom stereocenters. The zero-order chi connectivity index (χ0) is 15.4. The molecule has 0 aromatic carbocycles. The van der Waals surface area contributed by atoms with Crippen LogP contribution in [0.1, 0.15) is 29.3 Å². The predicted octanol–water partition coefficient (Wildman–Crippen LogP) is 3.51. The minimum atomic E-state index is 0.486. The highest BCUT2D eigenvalue weighted by molar-refractivity contribution is 7.10. The van der Waals surface area contributed by atoms with Crippen LogP contribution in [-0.2, 0) is 0 Å². The minimum Gasteiger partial charge on any atom is -0.370 e. The Labute approximate surface area is 135 Å². The molecule has 0 unspecified atom stereocenters. The molecule has 0 spiro atoms. The van der Waals surface area contributed by atoms with Gasteiger partial charge in [0.2, 0.25) is 0 Å². The standard InChI is InChI=1S/C17H20N4S/c1-21-8-2-4-14(17(21)15-5-3-9-22-15)12-20-16-7-6-13(10-18)11-19-16/h3,5-7,9,11,14,17H,2,4,8,12H2,1H3,(H,19,20)/t14-,17+/m0/s1. The lowest BCUT2D eigenvalue weighted by Gasteiger charge is -2.39. The van der Waals surface area contributed by atoms with E-state index in [0.29, 0.717) is 17.5 Å². The molecule has 3 rings (SSSR count). The van der Waals surface area contributed by atoms with E-state index < -0.39 is 0 Å². The van der Waals surface area contributed by atoms with Crippen LogP contribution >= 0.6 is 11.3 Å². The number of nitrogens with one attached hydrogen (secondary N) is 1. The van der Waals surface area contributed by atoms with Gasteiger partial charge in [-0.25, -0.2) is 4.98 Å². The van der Waals surface area contributed by atoms with Crippen LogP contribution in [0.25, 0.3) is 0 Å². The normalized spacial score (nSPS) is 22.2. The number of likely N-dealkylation sites (tertiary alicyclic amines) is 1. The maximum atomic E-state index is 8.82. The van der Waals surface area contributed by atoms with Gasteiger partial charge in [0, 0.05) is 23.7 Å². The third-order valence-electron chi connectivity index (χ3n) is 4.28. The van der Waals surface area contributed by atoms with Crippen LogP contribution in [-0.4, -0.2) is 30.0 Å². The molecule has 22 heavy (non-hydrogen) atoms. The number of hydrogen-bond acceptors (Lipinski definition) is 5. The van der Waals surface area contributed by atoms with E-state index in [1.807, 2.05) is 17.4 Å². The zero-order valence-electron chi connectivity index (χ0n) is 12.7. The summed E-state index contributed by atoms with van der Waals surface area (Å²) in [6, 6.07) is 10.6. The van der Waals surface area contributed by atoms with Gasteiger partial charge in [-0.1, -0.05) is 6.07 Å². The fraction of sp³-hybridized carbons (Fsp3) is 0.412. The third kappa shape index (κ3) is 3.29. The van der Waals surface area contributed by atoms with Crippen molar-refractivity contribution in [1.29, 1.82) is 5.26 Å². The average molecular weight is 312 g/mol. The van der Waals surface area contributed by atoms with E-state index in [2.05, 4.69) is 45.8 Å². The maximum Gasteiger partial charge on any atom is 0.125 e. The van der Waals surface area contributed by atoms with Gasteiger partial charge in [0.1, 0.15) is 11.9 Å². The van der Waals surface area contributed by atoms with Crippen LogP contribution < -0.4 is 5.32 Å². The van der Waals surface area contributed by atoms with Crippen LogP contribution in [0.3, 0.4) is 0 Å². The molecular formula is C17H20N4S. The molecule has 0 saturated carbocycles. The van der Waals surface area contributed by atoms with Gasteiger partial charge in [-0.2, -0.15) is 5.26 Å². The van der Waals surface area contributed by atoms with Gasteiger partial charge in [-0.15, -0.1) is 11.3 Å². The summed E-state index contributed by atoms with van der Waals surface area (Å²) in [4.78, 5) is 8.21. The summed E-state index contributed by atoms with van der Waals surface area (Å²) >= 11 is 1.84. The maximum absolute atomic E-state index is 8.82. The first-order valence-electron chi connectivity index (χ1n) is 7.61. The van der Waals surface area contributed by atoms with Crippen molar-refractivity contribution in [3.63, 3.8) is 0 Å². The van der Waals surface area contributed by atoms with Gasteiger partial charge in [0.05, 0.1) is 5.56 Å². The van der Waals surface area contributed by atoms with Crippen molar-refractivity contribution in [3.8, 4) is 6.07 Å². The number of hydrogen-bond donors (Lipinski definition) is 1. The Morgan fingerprint density at radius 3 is 3.05 bits per heavy atom. The van der Waals surface area contributed by atoms with Crippen molar-refractivity contribution >= 4 is 17.2 Å². The number of rotatable bonds is 4. The zero-order valence-corrected chi connectivity index (χ0v) is 13.5. The van der Waals surface area contributed by atoms with Gasteiger partial charge in [-0.05, 0) is 55.9 Å². The second-order valence-electron chi connectivity index (χ2n) is 5.77. The molecule has 2 aromatic heterocycles. The number of nitriles is 1. The smallest absolute Gasteiger partial charge is 0.125 e. The highest BCUT2D eigenvalue weighted by Crippen LogP contribution is 2.37. The van der Waals surface area contributed by atoms with E-state index in [0.717, 1.165) is 18.9 Å². The van der Waals surface area contributed by atoms with Crippen molar-refractivity contribution in [1.82, 2.24) is 9.88 Å². The lowest BCUT2D eigenvalue weighted by atomic mass is 9.88. The summed E-state index contributed by atoms with van der Waals surface area (Å²) < 4.78 is 0. The van der Waals surface area contributed by atoms with E-state index in [1.54, 1.807) is 12.3 Å². The first-order valence-corrected chi connectivity index (χ1v) is 8.49. The molecule has 5 heteroatoms. The van der Waals surface area contributed by atoms with Crippen LogP contribution in [0.4, 0.5) is 5.82 Å². The molecule has 0 radical (unpaired) electrons. The number of piperidine rings is 1. The molecule has 1 N–H and O–H groups in total. The highest BCUT2D eigenvalue weighted by Gasteiger charge is 2.30. The van der Waals surface area contributed by atoms with Crippen LogP contribution in [0.2, 0.25) is 0 Å². The average Bonchev–Trinajstić information content (AvgIpc) is 3.07. The van der Waals surface area contributed by atoms with Gasteiger partial charge in [0.25, 0.3) is 0 Å². The first kappa shape index (κ1) is 15.0. The SMILES string of the molecule is CN1CCC[C@@H](CNc2ccc(C#N)cn2)[C@@H]1c1cccs1. The number of anilines is 1. The summed E-state index contributed by atoms with van der Waals surface area (Å²) in [6.45, 7) is 2.07. The second kappa shape index (κ2) is 6.91. The van der Waals surface area contributed by atoms with Crippen LogP contribution in [0.5, 0.6) is 0 Å². The van der Waals surface area contributed by atoms with Crippen molar-refractivity contribution in [2.45, 2.75) is 18.9 Å². The quantitative estimate of drug-likeness (QED) is 0.938. The third-order valence-corrected chi connectivity index (χ3v) is 5.22. The molecule has 1 fully saturated rings. The Morgan fingerprint density at radius 1 is 1.45 bits per heavy atom. The van der Waals surface area contributed by atoms with Gasteiger partial charge < -0.3 is 5.32 Å². The Bertz CT molecular complexity index is 630. The first-order chi connectivity index (χ1) is 10.8. The molecule has 0 aliphatic carbocycles. The van der Waals surface area contributed by atoms with E-state index in [-0.39, 0.29) is 0 Å². The molecule has 1 saturated heterocycles. The van der Waals surface area contributed by atoms with Crippen molar-refractivity contribution in [2.24, 2.45) is 5.92 Å². The van der Waals surface area contributed by atoms with E-state index in [1.165, 1.54) is 17.7 Å². The summed E-state index contributed by atoms with van der Waals surface area (Å²) in [5, 5.41) is 14.4. The Morgan fingerprint density at radius 2 is 2.36 bits per heavy atom. The van der Waals surface area contributed by atoms with Crippen LogP contribution in [0, 0.1) is 17.2 Å². The van der Waals surface area contributed by atoms with E-state index in [9.17, 15) is 0 Å². The highest BCUT2D eigenvalue weighted by atomic mass is 32.1. The van der Waals surface area contributed by atoms with E-state index in [4.69, 9.17) is 5.26 Å². The summed E-state index contributed by atoms with van der Waals surface area (Å²) in [5.74, 6) is 1.42. The topological polar surface area (TPSA) is 52.0 Å². The molecular weight excluding hydrogens is 292 g/mol. The fourth-order valence-corrected chi connectivity index (χ4v) is 4.17. The lowest BCUT2D eigenvalue weighted by Crippen LogP contribution is -2.38. The van der Waals surface area contributed by atoms with E-state index >= 15 is 0 Å². The summed E-state index contributed by atoms with van der Waals surface area (Å²) in [5.41, 5.74) is 0.597. The van der Waals surface area contributed by atoms with Crippen molar-refractivity contribution in [2.75, 3.05) is 25.5 Å². The number of pyridine rings is 1. The molecule has 0 bridgehead atoms. The number of nitrogens with zero attached hydrogens (tertiary/aromatic N) is 3. The second-order valence-corrected chi connectivity index (χ2v) is 6.75.